The number of anilines is 1. The Morgan fingerprint density at radius 1 is 1.62 bits per heavy atom. The second-order valence-electron chi connectivity index (χ2n) is 3.73. The van der Waals surface area contributed by atoms with Gasteiger partial charge in [0.1, 0.15) is 5.82 Å². The fourth-order valence-corrected chi connectivity index (χ4v) is 1.90. The highest BCUT2D eigenvalue weighted by atomic mass is 16.4. The third-order valence-corrected chi connectivity index (χ3v) is 2.73. The van der Waals surface area contributed by atoms with Crippen molar-refractivity contribution in [3.63, 3.8) is 0 Å². The highest BCUT2D eigenvalue weighted by Gasteiger charge is 2.23. The van der Waals surface area contributed by atoms with Gasteiger partial charge in [0.25, 0.3) is 0 Å². The number of hydrogen-bond donors (Lipinski definition) is 1. The molecule has 1 saturated heterocycles. The molecule has 0 amide bonds. The largest absolute Gasteiger partial charge is 0.478 e. The summed E-state index contributed by atoms with van der Waals surface area (Å²) < 4.78 is 0. The Kier molecular flexibility index (Phi) is 2.78. The molecule has 2 heterocycles. The monoisotopic (exact) mass is 216 g/mol. The molecule has 0 bridgehead atoms. The summed E-state index contributed by atoms with van der Waals surface area (Å²) in [4.78, 5) is 16.8. The lowest BCUT2D eigenvalue weighted by atomic mass is 10.2. The Morgan fingerprint density at radius 3 is 3.00 bits per heavy atom. The van der Waals surface area contributed by atoms with Crippen LogP contribution >= 0.6 is 0 Å². The summed E-state index contributed by atoms with van der Waals surface area (Å²) >= 11 is 0. The first-order chi connectivity index (χ1) is 7.72. The first kappa shape index (κ1) is 10.5. The van der Waals surface area contributed by atoms with Crippen LogP contribution in [0.5, 0.6) is 0 Å². The predicted molar refractivity (Wildman–Crippen MR) is 60.4 cm³/mol. The Balaban J connectivity index is 2.22. The molecule has 0 aromatic carbocycles. The molecule has 0 radical (unpaired) electrons. The highest BCUT2D eigenvalue weighted by Crippen LogP contribution is 2.23. The van der Waals surface area contributed by atoms with Crippen molar-refractivity contribution in [1.82, 2.24) is 4.98 Å². The normalized spacial score (nSPS) is 19.4. The maximum absolute atomic E-state index is 10.7. The second-order valence-corrected chi connectivity index (χ2v) is 3.73. The van der Waals surface area contributed by atoms with Gasteiger partial charge in [-0.1, -0.05) is 5.92 Å². The van der Waals surface area contributed by atoms with E-state index < -0.39 is 5.97 Å². The minimum atomic E-state index is -0.964. The molecule has 1 aliphatic heterocycles. The fraction of sp³-hybridized carbons (Fsp3) is 0.333. The average molecular weight is 216 g/mol. The van der Waals surface area contributed by atoms with E-state index >= 15 is 0 Å². The van der Waals surface area contributed by atoms with Crippen molar-refractivity contribution >= 4 is 11.8 Å². The number of carboxylic acids is 1. The number of nitrogens with zero attached hydrogens (tertiary/aromatic N) is 2. The van der Waals surface area contributed by atoms with Crippen LogP contribution in [-0.2, 0) is 0 Å². The van der Waals surface area contributed by atoms with Gasteiger partial charge in [-0.25, -0.2) is 9.78 Å². The third-order valence-electron chi connectivity index (χ3n) is 2.73. The number of terminal acetylenes is 1. The molecule has 1 N–H and O–H groups in total. The minimum absolute atomic E-state index is 0.0863. The SMILES string of the molecule is C#CC1CCCN1c1ccc(C(=O)O)cn1. The topological polar surface area (TPSA) is 53.4 Å². The minimum Gasteiger partial charge on any atom is -0.478 e. The predicted octanol–water partition coefficient (Wildman–Crippen LogP) is 1.38. The molecular formula is C12H12N2O2. The van der Waals surface area contributed by atoms with E-state index in [0.29, 0.717) is 0 Å². The van der Waals surface area contributed by atoms with E-state index in [4.69, 9.17) is 11.5 Å². The molecule has 1 fully saturated rings. The molecule has 1 unspecified atom stereocenters. The molecule has 0 aliphatic carbocycles. The number of rotatable bonds is 2. The van der Waals surface area contributed by atoms with E-state index in [0.717, 1.165) is 25.2 Å². The zero-order chi connectivity index (χ0) is 11.5. The molecule has 4 heteroatoms. The summed E-state index contributed by atoms with van der Waals surface area (Å²) in [6.07, 6.45) is 8.81. The number of carboxylic acid groups (broad SMARTS) is 1. The molecule has 1 aromatic heterocycles. The molecule has 1 aliphatic rings. The lowest BCUT2D eigenvalue weighted by Crippen LogP contribution is -2.28. The Labute approximate surface area is 93.9 Å². The zero-order valence-corrected chi connectivity index (χ0v) is 8.76. The summed E-state index contributed by atoms with van der Waals surface area (Å²) in [6, 6.07) is 3.35. The molecule has 2 rings (SSSR count). The van der Waals surface area contributed by atoms with Gasteiger partial charge in [0.15, 0.2) is 0 Å². The summed E-state index contributed by atoms with van der Waals surface area (Å²) in [6.45, 7) is 0.883. The second kappa shape index (κ2) is 4.23. The van der Waals surface area contributed by atoms with Crippen molar-refractivity contribution in [2.24, 2.45) is 0 Å². The van der Waals surface area contributed by atoms with Crippen molar-refractivity contribution in [1.29, 1.82) is 0 Å². The molecular weight excluding hydrogens is 204 g/mol. The maximum atomic E-state index is 10.7. The van der Waals surface area contributed by atoms with Crippen molar-refractivity contribution in [3.05, 3.63) is 23.9 Å². The molecule has 0 spiro atoms. The van der Waals surface area contributed by atoms with Crippen molar-refractivity contribution < 1.29 is 9.90 Å². The van der Waals surface area contributed by atoms with Crippen molar-refractivity contribution in [2.45, 2.75) is 18.9 Å². The zero-order valence-electron chi connectivity index (χ0n) is 8.76. The van der Waals surface area contributed by atoms with Crippen LogP contribution in [-0.4, -0.2) is 28.6 Å². The summed E-state index contributed by atoms with van der Waals surface area (Å²) in [7, 11) is 0. The van der Waals surface area contributed by atoms with Crippen LogP contribution in [0.15, 0.2) is 18.3 Å². The van der Waals surface area contributed by atoms with Gasteiger partial charge in [0, 0.05) is 12.7 Å². The van der Waals surface area contributed by atoms with Crippen LogP contribution in [0.25, 0.3) is 0 Å². The Hall–Kier alpha value is -2.02. The number of aromatic carboxylic acids is 1. The van der Waals surface area contributed by atoms with Crippen LogP contribution in [0, 0.1) is 12.3 Å². The van der Waals surface area contributed by atoms with E-state index in [1.165, 1.54) is 6.20 Å². The lowest BCUT2D eigenvalue weighted by molar-refractivity contribution is 0.0696. The van der Waals surface area contributed by atoms with Gasteiger partial charge in [0.05, 0.1) is 11.6 Å². The molecule has 4 nitrogen and oxygen atoms in total. The maximum Gasteiger partial charge on any atom is 0.337 e. The van der Waals surface area contributed by atoms with Crippen LogP contribution in [0.3, 0.4) is 0 Å². The summed E-state index contributed by atoms with van der Waals surface area (Å²) in [5, 5.41) is 8.75. The van der Waals surface area contributed by atoms with E-state index in [1.54, 1.807) is 12.1 Å². The van der Waals surface area contributed by atoms with Gasteiger partial charge in [-0.3, -0.25) is 0 Å². The lowest BCUT2D eigenvalue weighted by Gasteiger charge is -2.21. The van der Waals surface area contributed by atoms with Gasteiger partial charge in [-0.2, -0.15) is 0 Å². The highest BCUT2D eigenvalue weighted by molar-refractivity contribution is 5.87. The smallest absolute Gasteiger partial charge is 0.337 e. The number of carbonyl (C=O) groups is 1. The average Bonchev–Trinajstić information content (AvgIpc) is 2.77. The van der Waals surface area contributed by atoms with E-state index in [9.17, 15) is 4.79 Å². The summed E-state index contributed by atoms with van der Waals surface area (Å²) in [5.74, 6) is 2.51. The summed E-state index contributed by atoms with van der Waals surface area (Å²) in [5.41, 5.74) is 0.195. The number of hydrogen-bond acceptors (Lipinski definition) is 3. The number of pyridine rings is 1. The fourth-order valence-electron chi connectivity index (χ4n) is 1.90. The standard InChI is InChI=1S/C12H12N2O2/c1-2-10-4-3-7-14(10)11-6-5-9(8-13-11)12(15)16/h1,5-6,8,10H,3-4,7H2,(H,15,16). The Bertz CT molecular complexity index is 433. The first-order valence-electron chi connectivity index (χ1n) is 5.14. The quantitative estimate of drug-likeness (QED) is 0.759. The molecule has 1 aromatic rings. The van der Waals surface area contributed by atoms with Gasteiger partial charge < -0.3 is 10.0 Å². The molecule has 0 saturated carbocycles. The van der Waals surface area contributed by atoms with Gasteiger partial charge >= 0.3 is 5.97 Å². The van der Waals surface area contributed by atoms with E-state index in [-0.39, 0.29) is 11.6 Å². The number of aromatic nitrogens is 1. The van der Waals surface area contributed by atoms with Gasteiger partial charge in [0.2, 0.25) is 0 Å². The molecule has 16 heavy (non-hydrogen) atoms. The Morgan fingerprint density at radius 2 is 2.44 bits per heavy atom. The molecule has 1 atom stereocenters. The van der Waals surface area contributed by atoms with Crippen LogP contribution in [0.4, 0.5) is 5.82 Å². The van der Waals surface area contributed by atoms with Gasteiger partial charge in [-0.05, 0) is 25.0 Å². The van der Waals surface area contributed by atoms with Crippen LogP contribution in [0.1, 0.15) is 23.2 Å². The van der Waals surface area contributed by atoms with Crippen molar-refractivity contribution in [3.8, 4) is 12.3 Å². The van der Waals surface area contributed by atoms with Crippen molar-refractivity contribution in [2.75, 3.05) is 11.4 Å². The van der Waals surface area contributed by atoms with E-state index in [1.807, 2.05) is 4.90 Å². The molecule has 82 valence electrons. The first-order valence-corrected chi connectivity index (χ1v) is 5.14. The third kappa shape index (κ3) is 1.84. The van der Waals surface area contributed by atoms with Crippen LogP contribution in [0.2, 0.25) is 0 Å². The van der Waals surface area contributed by atoms with Gasteiger partial charge in [-0.15, -0.1) is 6.42 Å². The van der Waals surface area contributed by atoms with E-state index in [2.05, 4.69) is 10.9 Å². The van der Waals surface area contributed by atoms with Crippen LogP contribution < -0.4 is 4.90 Å².